The van der Waals surface area contributed by atoms with Crippen LogP contribution in [0.25, 0.3) is 5.57 Å². The summed E-state index contributed by atoms with van der Waals surface area (Å²) < 4.78 is 0. The van der Waals surface area contributed by atoms with Gasteiger partial charge in [-0.05, 0) is 107 Å². The number of aliphatic imine (C=N–C) groups is 1. The van der Waals surface area contributed by atoms with Crippen molar-refractivity contribution < 1.29 is 9.59 Å². The fraction of sp³-hybridized carbons (Fsp3) is 0.406. The van der Waals surface area contributed by atoms with Crippen LogP contribution in [-0.4, -0.2) is 61.1 Å². The predicted molar refractivity (Wildman–Crippen MR) is 166 cm³/mol. The molecule has 2 N–H and O–H groups in total. The van der Waals surface area contributed by atoms with Crippen LogP contribution < -0.4 is 10.6 Å². The highest BCUT2D eigenvalue weighted by Gasteiger charge is 2.18. The Labute approximate surface area is 234 Å². The molecule has 0 saturated heterocycles. The maximum Gasteiger partial charge on any atom is 0.253 e. The van der Waals surface area contributed by atoms with Gasteiger partial charge in [-0.2, -0.15) is 0 Å². The van der Waals surface area contributed by atoms with Gasteiger partial charge >= 0.3 is 0 Å². The molecule has 210 valence electrons. The van der Waals surface area contributed by atoms with Gasteiger partial charge in [0.15, 0.2) is 0 Å². The predicted octanol–water partition coefficient (Wildman–Crippen LogP) is 6.51. The topological polar surface area (TPSA) is 77.0 Å². The number of amides is 1. The van der Waals surface area contributed by atoms with E-state index in [1.165, 1.54) is 5.56 Å². The summed E-state index contributed by atoms with van der Waals surface area (Å²) in [5, 5.41) is 6.78. The van der Waals surface area contributed by atoms with Gasteiger partial charge < -0.3 is 25.2 Å². The number of rotatable bonds is 13. The highest BCUT2D eigenvalue weighted by molar-refractivity contribution is 5.96. The van der Waals surface area contributed by atoms with Gasteiger partial charge in [0.05, 0.1) is 5.71 Å². The van der Waals surface area contributed by atoms with Gasteiger partial charge in [-0.15, -0.1) is 0 Å². The second kappa shape index (κ2) is 14.9. The molecule has 7 nitrogen and oxygen atoms in total. The zero-order valence-corrected chi connectivity index (χ0v) is 25.1. The summed E-state index contributed by atoms with van der Waals surface area (Å²) in [6, 6.07) is 12.1. The first-order valence-electron chi connectivity index (χ1n) is 13.4. The van der Waals surface area contributed by atoms with E-state index in [0.717, 1.165) is 33.8 Å². The lowest BCUT2D eigenvalue weighted by atomic mass is 10.0. The van der Waals surface area contributed by atoms with Gasteiger partial charge in [0, 0.05) is 57.2 Å². The van der Waals surface area contributed by atoms with Crippen molar-refractivity contribution in [1.82, 2.24) is 9.80 Å². The van der Waals surface area contributed by atoms with Crippen LogP contribution in [0.4, 0.5) is 11.4 Å². The molecule has 0 aliphatic heterocycles. The molecule has 1 atom stereocenters. The van der Waals surface area contributed by atoms with E-state index in [9.17, 15) is 9.59 Å². The van der Waals surface area contributed by atoms with E-state index in [0.29, 0.717) is 24.9 Å². The summed E-state index contributed by atoms with van der Waals surface area (Å²) in [5.74, 6) is 0.101. The number of ketones is 1. The monoisotopic (exact) mass is 531 g/mol. The second-order valence-electron chi connectivity index (χ2n) is 10.1. The maximum atomic E-state index is 13.0. The highest BCUT2D eigenvalue weighted by Crippen LogP contribution is 2.22. The van der Waals surface area contributed by atoms with Crippen LogP contribution in [0.2, 0.25) is 0 Å². The van der Waals surface area contributed by atoms with Crippen molar-refractivity contribution in [1.29, 1.82) is 0 Å². The van der Waals surface area contributed by atoms with Crippen LogP contribution >= 0.6 is 0 Å². The molecule has 0 spiro atoms. The smallest absolute Gasteiger partial charge is 0.253 e. The van der Waals surface area contributed by atoms with Crippen molar-refractivity contribution in [2.24, 2.45) is 4.99 Å². The first-order valence-corrected chi connectivity index (χ1v) is 13.4. The Morgan fingerprint density at radius 3 is 2.33 bits per heavy atom. The summed E-state index contributed by atoms with van der Waals surface area (Å²) in [6.07, 6.45) is 6.88. The second-order valence-corrected chi connectivity index (χ2v) is 10.1. The van der Waals surface area contributed by atoms with Crippen LogP contribution in [0.3, 0.4) is 0 Å². The van der Waals surface area contributed by atoms with E-state index >= 15 is 0 Å². The largest absolute Gasteiger partial charge is 0.388 e. The zero-order valence-electron chi connectivity index (χ0n) is 25.1. The molecule has 2 aromatic carbocycles. The summed E-state index contributed by atoms with van der Waals surface area (Å²) in [5.41, 5.74) is 7.88. The molecule has 0 heterocycles. The minimum Gasteiger partial charge on any atom is -0.388 e. The number of aryl methyl sites for hydroxylation is 2. The van der Waals surface area contributed by atoms with E-state index in [4.69, 9.17) is 4.99 Å². The van der Waals surface area contributed by atoms with E-state index < -0.39 is 0 Å². The average molecular weight is 532 g/mol. The number of benzene rings is 2. The Kier molecular flexibility index (Phi) is 12.0. The lowest BCUT2D eigenvalue weighted by molar-refractivity contribution is -0.117. The molecule has 39 heavy (non-hydrogen) atoms. The molecule has 2 aromatic rings. The Hall–Kier alpha value is -3.87. The van der Waals surface area contributed by atoms with E-state index in [2.05, 4.69) is 47.6 Å². The summed E-state index contributed by atoms with van der Waals surface area (Å²) in [7, 11) is 5.71. The molecule has 2 rings (SSSR count). The van der Waals surface area contributed by atoms with Crippen LogP contribution in [0.5, 0.6) is 0 Å². The maximum absolute atomic E-state index is 13.0. The van der Waals surface area contributed by atoms with Crippen molar-refractivity contribution in [3.8, 4) is 0 Å². The SMILES string of the molecule is C/C=C\N(C)C(Nc1ccc(C(=O)N(C)CCCC(C)=O)c(C)c1)C(C)=N/C=C(\C)c1ccc(NC)c(C)c1. The van der Waals surface area contributed by atoms with Crippen molar-refractivity contribution in [2.75, 3.05) is 38.3 Å². The van der Waals surface area contributed by atoms with Crippen LogP contribution in [-0.2, 0) is 4.79 Å². The molecule has 0 saturated carbocycles. The minimum absolute atomic E-state index is 0.0403. The Morgan fingerprint density at radius 2 is 1.74 bits per heavy atom. The number of allylic oxidation sites excluding steroid dienone is 2. The summed E-state index contributed by atoms with van der Waals surface area (Å²) >= 11 is 0. The van der Waals surface area contributed by atoms with Crippen molar-refractivity contribution >= 4 is 34.3 Å². The fourth-order valence-electron chi connectivity index (χ4n) is 4.38. The third-order valence-corrected chi connectivity index (χ3v) is 6.73. The molecule has 0 aliphatic carbocycles. The molecule has 0 bridgehead atoms. The Morgan fingerprint density at radius 1 is 1.03 bits per heavy atom. The highest BCUT2D eigenvalue weighted by atomic mass is 16.2. The van der Waals surface area contributed by atoms with E-state index in [1.54, 1.807) is 18.9 Å². The standard InChI is InChI=1S/C32H45N5O2/c1-10-17-36(8)31(26(6)34-21-24(4)27-13-16-30(33-7)23(3)19-27)35-28-14-15-29(22(2)20-28)32(39)37(9)18-11-12-25(5)38/h10,13-17,19-21,31,33,35H,11-12,18H2,1-9H3/b17-10-,24-21+,34-26?. The number of Topliss-reactive ketones (excluding diaryl/α,β-unsaturated/α-hetero) is 1. The average Bonchev–Trinajstić information content (AvgIpc) is 2.89. The molecule has 1 unspecified atom stereocenters. The molecule has 1 amide bonds. The Balaban J connectivity index is 2.25. The normalized spacial score (nSPS) is 12.8. The third-order valence-electron chi connectivity index (χ3n) is 6.73. The van der Waals surface area contributed by atoms with Crippen LogP contribution in [0.15, 0.2) is 59.9 Å². The van der Waals surface area contributed by atoms with Crippen molar-refractivity contribution in [3.05, 3.63) is 77.1 Å². The zero-order chi connectivity index (χ0) is 29.1. The first-order chi connectivity index (χ1) is 18.5. The summed E-state index contributed by atoms with van der Waals surface area (Å²) in [6.45, 7) is 12.2. The van der Waals surface area contributed by atoms with Gasteiger partial charge in [-0.1, -0.05) is 12.1 Å². The quantitative estimate of drug-likeness (QED) is 0.228. The number of anilines is 2. The number of nitrogens with one attached hydrogen (secondary N) is 2. The van der Waals surface area contributed by atoms with E-state index in [-0.39, 0.29) is 17.9 Å². The van der Waals surface area contributed by atoms with Gasteiger partial charge in [-0.25, -0.2) is 0 Å². The molecule has 0 radical (unpaired) electrons. The van der Waals surface area contributed by atoms with Crippen LogP contribution in [0, 0.1) is 13.8 Å². The third kappa shape index (κ3) is 9.13. The number of hydrogen-bond acceptors (Lipinski definition) is 6. The number of carbonyl (C=O) groups excluding carboxylic acids is 2. The molecule has 0 aliphatic rings. The molecular formula is C32H45N5O2. The number of nitrogens with zero attached hydrogens (tertiary/aromatic N) is 3. The fourth-order valence-corrected chi connectivity index (χ4v) is 4.38. The molecule has 0 fully saturated rings. The lowest BCUT2D eigenvalue weighted by Gasteiger charge is -2.29. The summed E-state index contributed by atoms with van der Waals surface area (Å²) in [4.78, 5) is 32.8. The van der Waals surface area contributed by atoms with Crippen LogP contribution in [0.1, 0.15) is 67.6 Å². The van der Waals surface area contributed by atoms with Gasteiger partial charge in [0.1, 0.15) is 11.9 Å². The Bertz CT molecular complexity index is 1250. The number of carbonyl (C=O) groups is 2. The first kappa shape index (κ1) is 31.3. The molecule has 7 heteroatoms. The number of hydrogen-bond donors (Lipinski definition) is 2. The van der Waals surface area contributed by atoms with E-state index in [1.807, 2.05) is 71.5 Å². The van der Waals surface area contributed by atoms with Gasteiger partial charge in [0.2, 0.25) is 0 Å². The lowest BCUT2D eigenvalue weighted by Crippen LogP contribution is -2.40. The van der Waals surface area contributed by atoms with Crippen molar-refractivity contribution in [2.45, 2.75) is 60.5 Å². The molecule has 0 aromatic heterocycles. The van der Waals surface area contributed by atoms with Crippen molar-refractivity contribution in [3.63, 3.8) is 0 Å². The molecular weight excluding hydrogens is 486 g/mol. The van der Waals surface area contributed by atoms with Gasteiger partial charge in [-0.3, -0.25) is 9.79 Å². The van der Waals surface area contributed by atoms with Gasteiger partial charge in [0.25, 0.3) is 5.91 Å². The minimum atomic E-state index is -0.186.